The van der Waals surface area contributed by atoms with Gasteiger partial charge in [0.25, 0.3) is 0 Å². The number of nitrogens with one attached hydrogen (secondary N) is 1. The van der Waals surface area contributed by atoms with Gasteiger partial charge in [0.1, 0.15) is 0 Å². The molecule has 19 heavy (non-hydrogen) atoms. The summed E-state index contributed by atoms with van der Waals surface area (Å²) in [5.41, 5.74) is 2.80. The monoisotopic (exact) mass is 253 g/mol. The molecule has 0 atom stereocenters. The molecule has 1 heterocycles. The Morgan fingerprint density at radius 2 is 1.63 bits per heavy atom. The summed E-state index contributed by atoms with van der Waals surface area (Å²) in [6.45, 7) is 8.49. The van der Waals surface area contributed by atoms with Crippen LogP contribution in [0.2, 0.25) is 0 Å². The molecule has 0 radical (unpaired) electrons. The van der Waals surface area contributed by atoms with E-state index >= 15 is 0 Å². The van der Waals surface area contributed by atoms with Crippen molar-refractivity contribution in [2.45, 2.75) is 20.8 Å². The lowest BCUT2D eigenvalue weighted by atomic mass is 9.99. The number of hydrogen-bond donors (Lipinski definition) is 1. The topological polar surface area (TPSA) is 12.0 Å². The third-order valence-electron chi connectivity index (χ3n) is 2.94. The molecule has 0 unspecified atom stereocenters. The van der Waals surface area contributed by atoms with Gasteiger partial charge in [-0.25, -0.2) is 0 Å². The molecule has 1 aliphatic heterocycles. The van der Waals surface area contributed by atoms with Crippen molar-refractivity contribution >= 4 is 16.3 Å². The summed E-state index contributed by atoms with van der Waals surface area (Å²) < 4.78 is 0. The van der Waals surface area contributed by atoms with E-state index < -0.39 is 0 Å². The van der Waals surface area contributed by atoms with E-state index in [2.05, 4.69) is 74.6 Å². The second-order valence-corrected chi connectivity index (χ2v) is 5.62. The molecule has 2 aromatic rings. The van der Waals surface area contributed by atoms with Crippen LogP contribution in [0.4, 0.5) is 0 Å². The molecule has 0 aromatic heterocycles. The van der Waals surface area contributed by atoms with Gasteiger partial charge < -0.3 is 5.32 Å². The SMILES string of the molecule is C1=C(c2cccc3ccccc23)CNC1.CC(C)C. The molecule has 1 heteroatoms. The van der Waals surface area contributed by atoms with E-state index in [9.17, 15) is 0 Å². The van der Waals surface area contributed by atoms with Crippen LogP contribution in [0, 0.1) is 5.92 Å². The van der Waals surface area contributed by atoms with Crippen molar-refractivity contribution in [1.29, 1.82) is 0 Å². The molecule has 2 aromatic carbocycles. The molecule has 0 fully saturated rings. The largest absolute Gasteiger partial charge is 0.309 e. The van der Waals surface area contributed by atoms with Crippen molar-refractivity contribution in [3.05, 3.63) is 54.1 Å². The van der Waals surface area contributed by atoms with Gasteiger partial charge in [-0.2, -0.15) is 0 Å². The van der Waals surface area contributed by atoms with Gasteiger partial charge in [0, 0.05) is 13.1 Å². The molecule has 100 valence electrons. The van der Waals surface area contributed by atoms with Gasteiger partial charge >= 0.3 is 0 Å². The third-order valence-corrected chi connectivity index (χ3v) is 2.94. The number of benzene rings is 2. The summed E-state index contributed by atoms with van der Waals surface area (Å²) in [7, 11) is 0. The van der Waals surface area contributed by atoms with Crippen molar-refractivity contribution in [3.63, 3.8) is 0 Å². The molecular formula is C18H23N. The van der Waals surface area contributed by atoms with E-state index in [4.69, 9.17) is 0 Å². The third kappa shape index (κ3) is 3.68. The second-order valence-electron chi connectivity index (χ2n) is 5.62. The molecular weight excluding hydrogens is 230 g/mol. The Morgan fingerprint density at radius 3 is 2.32 bits per heavy atom. The van der Waals surface area contributed by atoms with Crippen LogP contribution in [0.25, 0.3) is 16.3 Å². The predicted octanol–water partition coefficient (Wildman–Crippen LogP) is 4.49. The minimum Gasteiger partial charge on any atom is -0.309 e. The van der Waals surface area contributed by atoms with Crippen LogP contribution in [0.3, 0.4) is 0 Å². The maximum Gasteiger partial charge on any atom is 0.0211 e. The van der Waals surface area contributed by atoms with Crippen LogP contribution in [0.1, 0.15) is 26.3 Å². The zero-order valence-corrected chi connectivity index (χ0v) is 12.1. The maximum atomic E-state index is 3.34. The quantitative estimate of drug-likeness (QED) is 0.789. The fraction of sp³-hybridized carbons (Fsp3) is 0.333. The highest BCUT2D eigenvalue weighted by molar-refractivity contribution is 5.94. The average molecular weight is 253 g/mol. The van der Waals surface area contributed by atoms with Crippen LogP contribution in [-0.4, -0.2) is 13.1 Å². The molecule has 1 nitrogen and oxygen atoms in total. The number of fused-ring (bicyclic) bond motifs is 1. The minimum atomic E-state index is 0.833. The summed E-state index contributed by atoms with van der Waals surface area (Å²) in [6.07, 6.45) is 2.28. The van der Waals surface area contributed by atoms with Crippen LogP contribution in [-0.2, 0) is 0 Å². The van der Waals surface area contributed by atoms with Crippen molar-refractivity contribution < 1.29 is 0 Å². The molecule has 0 bridgehead atoms. The first-order valence-electron chi connectivity index (χ1n) is 7.06. The van der Waals surface area contributed by atoms with Gasteiger partial charge in [-0.3, -0.25) is 0 Å². The van der Waals surface area contributed by atoms with E-state index in [1.807, 2.05) is 0 Å². The van der Waals surface area contributed by atoms with E-state index in [1.165, 1.54) is 21.9 Å². The summed E-state index contributed by atoms with van der Waals surface area (Å²) in [5, 5.41) is 6.02. The van der Waals surface area contributed by atoms with Crippen LogP contribution in [0.5, 0.6) is 0 Å². The summed E-state index contributed by atoms with van der Waals surface area (Å²) in [5.74, 6) is 0.833. The van der Waals surface area contributed by atoms with Crippen molar-refractivity contribution in [2.24, 2.45) is 5.92 Å². The Bertz CT molecular complexity index is 559. The first-order chi connectivity index (χ1) is 9.18. The Balaban J connectivity index is 0.000000297. The molecule has 0 spiro atoms. The lowest BCUT2D eigenvalue weighted by Gasteiger charge is -2.06. The van der Waals surface area contributed by atoms with Gasteiger partial charge in [0.05, 0.1) is 0 Å². The maximum absolute atomic E-state index is 3.34. The zero-order chi connectivity index (χ0) is 13.7. The second kappa shape index (κ2) is 6.53. The van der Waals surface area contributed by atoms with Crippen molar-refractivity contribution in [1.82, 2.24) is 5.32 Å². The first kappa shape index (κ1) is 13.8. The standard InChI is InChI=1S/C14H13N.C4H10/c1-2-6-13-11(4-1)5-3-7-14(13)12-8-9-15-10-12;1-4(2)3/h1-8,15H,9-10H2;4H,1-3H3. The molecule has 1 N–H and O–H groups in total. The predicted molar refractivity (Wildman–Crippen MR) is 85.3 cm³/mol. The highest BCUT2D eigenvalue weighted by Crippen LogP contribution is 2.25. The van der Waals surface area contributed by atoms with Crippen LogP contribution >= 0.6 is 0 Å². The highest BCUT2D eigenvalue weighted by Gasteiger charge is 2.08. The zero-order valence-electron chi connectivity index (χ0n) is 12.1. The first-order valence-corrected chi connectivity index (χ1v) is 7.06. The lowest BCUT2D eigenvalue weighted by molar-refractivity contribution is 0.737. The van der Waals surface area contributed by atoms with Gasteiger partial charge in [0.2, 0.25) is 0 Å². The smallest absolute Gasteiger partial charge is 0.0211 e. The van der Waals surface area contributed by atoms with E-state index in [0.717, 1.165) is 19.0 Å². The van der Waals surface area contributed by atoms with Gasteiger partial charge in [-0.05, 0) is 27.8 Å². The molecule has 3 rings (SSSR count). The summed E-state index contributed by atoms with van der Waals surface area (Å²) in [6, 6.07) is 15.1. The summed E-state index contributed by atoms with van der Waals surface area (Å²) >= 11 is 0. The average Bonchev–Trinajstić information content (AvgIpc) is 2.91. The number of rotatable bonds is 1. The summed E-state index contributed by atoms with van der Waals surface area (Å²) in [4.78, 5) is 0. The van der Waals surface area contributed by atoms with Crippen molar-refractivity contribution in [3.8, 4) is 0 Å². The Hall–Kier alpha value is -1.60. The highest BCUT2D eigenvalue weighted by atomic mass is 14.9. The fourth-order valence-corrected chi connectivity index (χ4v) is 2.18. The molecule has 1 aliphatic rings. The molecule has 0 amide bonds. The van der Waals surface area contributed by atoms with Crippen LogP contribution < -0.4 is 5.32 Å². The van der Waals surface area contributed by atoms with Crippen molar-refractivity contribution in [2.75, 3.05) is 13.1 Å². The molecule has 0 saturated carbocycles. The Morgan fingerprint density at radius 1 is 0.947 bits per heavy atom. The van der Waals surface area contributed by atoms with E-state index in [0.29, 0.717) is 0 Å². The molecule has 0 saturated heterocycles. The number of hydrogen-bond acceptors (Lipinski definition) is 1. The normalized spacial score (nSPS) is 14.2. The lowest BCUT2D eigenvalue weighted by Crippen LogP contribution is -2.07. The molecule has 0 aliphatic carbocycles. The fourth-order valence-electron chi connectivity index (χ4n) is 2.18. The van der Waals surface area contributed by atoms with E-state index in [-0.39, 0.29) is 0 Å². The van der Waals surface area contributed by atoms with Gasteiger partial charge in [0.15, 0.2) is 0 Å². The Kier molecular flexibility index (Phi) is 4.75. The van der Waals surface area contributed by atoms with Gasteiger partial charge in [-0.1, -0.05) is 69.3 Å². The Labute approximate surface area is 116 Å². The van der Waals surface area contributed by atoms with Gasteiger partial charge in [-0.15, -0.1) is 0 Å². The minimum absolute atomic E-state index is 0.833. The van der Waals surface area contributed by atoms with Crippen LogP contribution in [0.15, 0.2) is 48.5 Å². The van der Waals surface area contributed by atoms with E-state index in [1.54, 1.807) is 0 Å².